The first-order chi connectivity index (χ1) is 9.91. The van der Waals surface area contributed by atoms with E-state index in [1.54, 1.807) is 6.92 Å². The Hall–Kier alpha value is -2.21. The Labute approximate surface area is 122 Å². The van der Waals surface area contributed by atoms with Crippen LogP contribution in [0.15, 0.2) is 18.2 Å². The molecule has 0 radical (unpaired) electrons. The van der Waals surface area contributed by atoms with E-state index in [-0.39, 0.29) is 17.1 Å². The zero-order valence-electron chi connectivity index (χ0n) is 12.2. The number of fused-ring (bicyclic) bond motifs is 1. The average molecular weight is 288 g/mol. The lowest BCUT2D eigenvalue weighted by molar-refractivity contribution is 0.139. The van der Waals surface area contributed by atoms with Gasteiger partial charge in [0.15, 0.2) is 17.5 Å². The molecule has 2 aromatic rings. The zero-order valence-corrected chi connectivity index (χ0v) is 12.2. The lowest BCUT2D eigenvalue weighted by atomic mass is 10.0. The average Bonchev–Trinajstić information content (AvgIpc) is 2.75. The van der Waals surface area contributed by atoms with Gasteiger partial charge in [-0.2, -0.15) is 0 Å². The first-order valence-electron chi connectivity index (χ1n) is 6.73. The van der Waals surface area contributed by atoms with Crippen molar-refractivity contribution in [2.24, 2.45) is 5.84 Å². The number of aromatic nitrogens is 2. The third-order valence-corrected chi connectivity index (χ3v) is 3.49. The summed E-state index contributed by atoms with van der Waals surface area (Å²) in [7, 11) is 0. The first-order valence-corrected chi connectivity index (χ1v) is 6.73. The molecule has 0 bridgehead atoms. The highest BCUT2D eigenvalue weighted by atomic mass is 19.1. The number of nitrogens with two attached hydrogens (primary N) is 1. The minimum atomic E-state index is -0.546. The highest BCUT2D eigenvalue weighted by molar-refractivity contribution is 5.69. The standard InChI is InChI=1S/C15H17FN4O/c1-8-11(16)14(20-17)19-13(18-8)10-6-4-5-9-7-15(2,3)21-12(9)10/h4-6H,7,17H2,1-3H3,(H,18,19,20). The smallest absolute Gasteiger partial charge is 0.187 e. The Morgan fingerprint density at radius 1 is 1.33 bits per heavy atom. The monoisotopic (exact) mass is 288 g/mol. The van der Waals surface area contributed by atoms with Gasteiger partial charge in [-0.3, -0.25) is 0 Å². The summed E-state index contributed by atoms with van der Waals surface area (Å²) in [5.74, 6) is 5.90. The molecular formula is C15H17FN4O. The van der Waals surface area contributed by atoms with Crippen LogP contribution < -0.4 is 16.0 Å². The number of nitrogen functional groups attached to an aromatic ring is 1. The minimum Gasteiger partial charge on any atom is -0.486 e. The molecule has 0 amide bonds. The number of hydrogen-bond acceptors (Lipinski definition) is 5. The second-order valence-electron chi connectivity index (χ2n) is 5.77. The molecule has 5 nitrogen and oxygen atoms in total. The molecule has 1 aromatic heterocycles. The largest absolute Gasteiger partial charge is 0.486 e. The lowest BCUT2D eigenvalue weighted by Gasteiger charge is -2.18. The summed E-state index contributed by atoms with van der Waals surface area (Å²) in [5, 5.41) is 0. The van der Waals surface area contributed by atoms with Gasteiger partial charge < -0.3 is 10.2 Å². The molecule has 1 aliphatic rings. The highest BCUT2D eigenvalue weighted by Gasteiger charge is 2.32. The van der Waals surface area contributed by atoms with Crippen molar-refractivity contribution in [3.8, 4) is 17.1 Å². The van der Waals surface area contributed by atoms with Crippen LogP contribution in [0, 0.1) is 12.7 Å². The van der Waals surface area contributed by atoms with Gasteiger partial charge in [0, 0.05) is 6.42 Å². The molecule has 21 heavy (non-hydrogen) atoms. The molecule has 2 heterocycles. The Morgan fingerprint density at radius 2 is 2.10 bits per heavy atom. The van der Waals surface area contributed by atoms with Crippen molar-refractivity contribution in [1.29, 1.82) is 0 Å². The normalized spacial score (nSPS) is 15.5. The van der Waals surface area contributed by atoms with Crippen molar-refractivity contribution in [1.82, 2.24) is 9.97 Å². The fraction of sp³-hybridized carbons (Fsp3) is 0.333. The summed E-state index contributed by atoms with van der Waals surface area (Å²) in [6.07, 6.45) is 0.818. The van der Waals surface area contributed by atoms with Crippen LogP contribution in [0.4, 0.5) is 10.2 Å². The van der Waals surface area contributed by atoms with Gasteiger partial charge in [0.2, 0.25) is 0 Å². The third-order valence-electron chi connectivity index (χ3n) is 3.49. The minimum absolute atomic E-state index is 0.0210. The second kappa shape index (κ2) is 4.66. The number of para-hydroxylation sites is 1. The predicted octanol–water partition coefficient (Wildman–Crippen LogP) is 2.59. The maximum atomic E-state index is 13.8. The van der Waals surface area contributed by atoms with Crippen molar-refractivity contribution in [3.63, 3.8) is 0 Å². The molecule has 0 unspecified atom stereocenters. The van der Waals surface area contributed by atoms with Gasteiger partial charge in [0.25, 0.3) is 0 Å². The molecule has 1 aromatic carbocycles. The number of halogens is 1. The van der Waals surface area contributed by atoms with Gasteiger partial charge in [-0.15, -0.1) is 0 Å². The Bertz CT molecular complexity index is 715. The molecule has 0 aliphatic carbocycles. The molecule has 0 fully saturated rings. The van der Waals surface area contributed by atoms with Crippen LogP contribution in [-0.2, 0) is 6.42 Å². The van der Waals surface area contributed by atoms with Crippen LogP contribution in [0.5, 0.6) is 5.75 Å². The Morgan fingerprint density at radius 3 is 2.81 bits per heavy atom. The number of nitrogens with zero attached hydrogens (tertiary/aromatic N) is 2. The molecule has 0 atom stereocenters. The predicted molar refractivity (Wildman–Crippen MR) is 78.4 cm³/mol. The van der Waals surface area contributed by atoms with Gasteiger partial charge >= 0.3 is 0 Å². The Kier molecular flexibility index (Phi) is 3.06. The topological polar surface area (TPSA) is 73.1 Å². The van der Waals surface area contributed by atoms with Gasteiger partial charge in [0.1, 0.15) is 11.4 Å². The molecule has 0 saturated heterocycles. The summed E-state index contributed by atoms with van der Waals surface area (Å²) in [6.45, 7) is 5.64. The van der Waals surface area contributed by atoms with E-state index in [2.05, 4.69) is 15.4 Å². The summed E-state index contributed by atoms with van der Waals surface area (Å²) >= 11 is 0. The summed E-state index contributed by atoms with van der Waals surface area (Å²) in [5.41, 5.74) is 4.09. The third kappa shape index (κ3) is 2.31. The lowest BCUT2D eigenvalue weighted by Crippen LogP contribution is -2.24. The van der Waals surface area contributed by atoms with E-state index < -0.39 is 5.82 Å². The molecule has 0 spiro atoms. The number of aryl methyl sites for hydroxylation is 1. The summed E-state index contributed by atoms with van der Waals surface area (Å²) in [4.78, 5) is 8.36. The van der Waals surface area contributed by atoms with E-state index in [9.17, 15) is 4.39 Å². The van der Waals surface area contributed by atoms with E-state index >= 15 is 0 Å². The molecule has 3 N–H and O–H groups in total. The molecule has 1 aliphatic heterocycles. The SMILES string of the molecule is Cc1nc(-c2cccc3c2OC(C)(C)C3)nc(NN)c1F. The van der Waals surface area contributed by atoms with Crippen molar-refractivity contribution in [2.45, 2.75) is 32.8 Å². The summed E-state index contributed by atoms with van der Waals surface area (Å²) < 4.78 is 19.8. The van der Waals surface area contributed by atoms with Crippen molar-refractivity contribution >= 4 is 5.82 Å². The fourth-order valence-electron chi connectivity index (χ4n) is 2.57. The Balaban J connectivity index is 2.16. The zero-order chi connectivity index (χ0) is 15.2. The highest BCUT2D eigenvalue weighted by Crippen LogP contribution is 2.41. The van der Waals surface area contributed by atoms with E-state index in [1.807, 2.05) is 32.0 Å². The number of hydrazine groups is 1. The van der Waals surface area contributed by atoms with E-state index in [1.165, 1.54) is 0 Å². The van der Waals surface area contributed by atoms with Crippen LogP contribution >= 0.6 is 0 Å². The molecule has 110 valence electrons. The van der Waals surface area contributed by atoms with Gasteiger partial charge in [-0.05, 0) is 32.4 Å². The molecule has 0 saturated carbocycles. The first kappa shape index (κ1) is 13.8. The van der Waals surface area contributed by atoms with Crippen LogP contribution in [0.2, 0.25) is 0 Å². The van der Waals surface area contributed by atoms with E-state index in [0.717, 1.165) is 23.3 Å². The van der Waals surface area contributed by atoms with Crippen molar-refractivity contribution < 1.29 is 9.13 Å². The number of rotatable bonds is 2. The molecule has 6 heteroatoms. The van der Waals surface area contributed by atoms with Crippen LogP contribution in [0.1, 0.15) is 25.1 Å². The van der Waals surface area contributed by atoms with E-state index in [0.29, 0.717) is 5.82 Å². The van der Waals surface area contributed by atoms with Crippen molar-refractivity contribution in [2.75, 3.05) is 5.43 Å². The number of hydrogen-bond donors (Lipinski definition) is 2. The van der Waals surface area contributed by atoms with Gasteiger partial charge in [-0.1, -0.05) is 12.1 Å². The molecular weight excluding hydrogens is 271 g/mol. The molecule has 3 rings (SSSR count). The summed E-state index contributed by atoms with van der Waals surface area (Å²) in [6, 6.07) is 5.82. The number of nitrogens with one attached hydrogen (secondary N) is 1. The van der Waals surface area contributed by atoms with E-state index in [4.69, 9.17) is 10.6 Å². The number of anilines is 1. The maximum absolute atomic E-state index is 13.8. The number of ether oxygens (including phenoxy) is 1. The van der Waals surface area contributed by atoms with Gasteiger partial charge in [-0.25, -0.2) is 20.2 Å². The van der Waals surface area contributed by atoms with Gasteiger partial charge in [0.05, 0.1) is 11.3 Å². The van der Waals surface area contributed by atoms with Crippen LogP contribution in [-0.4, -0.2) is 15.6 Å². The second-order valence-corrected chi connectivity index (χ2v) is 5.77. The quantitative estimate of drug-likeness (QED) is 0.656. The van der Waals surface area contributed by atoms with Crippen molar-refractivity contribution in [3.05, 3.63) is 35.3 Å². The fourth-order valence-corrected chi connectivity index (χ4v) is 2.57. The number of benzene rings is 1. The van der Waals surface area contributed by atoms with Crippen LogP contribution in [0.3, 0.4) is 0 Å². The maximum Gasteiger partial charge on any atom is 0.187 e. The van der Waals surface area contributed by atoms with Crippen LogP contribution in [0.25, 0.3) is 11.4 Å².